The van der Waals surface area contributed by atoms with E-state index in [1.165, 1.54) is 6.20 Å². The van der Waals surface area contributed by atoms with Gasteiger partial charge in [-0.3, -0.25) is 14.8 Å². The lowest BCUT2D eigenvalue weighted by Gasteiger charge is -2.21. The molecule has 0 unspecified atom stereocenters. The van der Waals surface area contributed by atoms with E-state index in [1.807, 2.05) is 13.1 Å². The average Bonchev–Trinajstić information content (AvgIpc) is 2.62. The Morgan fingerprint density at radius 2 is 2.25 bits per heavy atom. The number of aryl methyl sites for hydroxylation is 1. The molecule has 16 heavy (non-hydrogen) atoms. The molecular weight excluding hydrogens is 208 g/mol. The first-order valence-corrected chi connectivity index (χ1v) is 5.14. The molecule has 1 aromatic rings. The first-order valence-electron chi connectivity index (χ1n) is 5.14. The number of hydrogen-bond acceptors (Lipinski definition) is 4. The molecule has 0 saturated heterocycles. The van der Waals surface area contributed by atoms with Crippen LogP contribution in [0.1, 0.15) is 12.1 Å². The van der Waals surface area contributed by atoms with Gasteiger partial charge in [-0.1, -0.05) is 6.08 Å². The highest BCUT2D eigenvalue weighted by Crippen LogP contribution is 2.29. The van der Waals surface area contributed by atoms with Crippen LogP contribution in [0.2, 0.25) is 0 Å². The largest absolute Gasteiger partial charge is 0.314 e. The fraction of sp³-hybridized carbons (Fsp3) is 0.500. The minimum absolute atomic E-state index is 0.0957. The first-order chi connectivity index (χ1) is 7.59. The van der Waals surface area contributed by atoms with Crippen LogP contribution in [0.5, 0.6) is 0 Å². The molecule has 0 atom stereocenters. The number of hydrogen-bond donors (Lipinski definition) is 0. The molecular formula is C10H14N4O2. The molecule has 86 valence electrons. The van der Waals surface area contributed by atoms with Gasteiger partial charge in [0.05, 0.1) is 4.92 Å². The predicted octanol–water partition coefficient (Wildman–Crippen LogP) is 1.05. The zero-order valence-electron chi connectivity index (χ0n) is 9.38. The van der Waals surface area contributed by atoms with Crippen molar-refractivity contribution in [2.24, 2.45) is 7.05 Å². The monoisotopic (exact) mass is 222 g/mol. The van der Waals surface area contributed by atoms with Crippen molar-refractivity contribution in [3.05, 3.63) is 28.1 Å². The van der Waals surface area contributed by atoms with Crippen LogP contribution in [0.3, 0.4) is 0 Å². The quantitative estimate of drug-likeness (QED) is 0.554. The third kappa shape index (κ3) is 1.83. The van der Waals surface area contributed by atoms with Crippen LogP contribution in [0.4, 0.5) is 5.69 Å². The molecule has 6 nitrogen and oxygen atoms in total. The van der Waals surface area contributed by atoms with E-state index < -0.39 is 0 Å². The van der Waals surface area contributed by atoms with Gasteiger partial charge in [0.1, 0.15) is 11.9 Å². The number of nitrogens with zero attached hydrogens (tertiary/aromatic N) is 4. The molecule has 0 fully saturated rings. The molecule has 1 aromatic heterocycles. The van der Waals surface area contributed by atoms with Gasteiger partial charge in [0.15, 0.2) is 0 Å². The zero-order chi connectivity index (χ0) is 11.7. The molecule has 0 N–H and O–H groups in total. The second-order valence-electron chi connectivity index (χ2n) is 4.00. The van der Waals surface area contributed by atoms with E-state index in [0.717, 1.165) is 25.1 Å². The van der Waals surface area contributed by atoms with Crippen molar-refractivity contribution in [3.63, 3.8) is 0 Å². The van der Waals surface area contributed by atoms with Crippen molar-refractivity contribution in [2.45, 2.75) is 6.42 Å². The van der Waals surface area contributed by atoms with Crippen molar-refractivity contribution in [3.8, 4) is 0 Å². The van der Waals surface area contributed by atoms with E-state index in [0.29, 0.717) is 5.69 Å². The second-order valence-corrected chi connectivity index (χ2v) is 4.00. The second kappa shape index (κ2) is 4.05. The van der Waals surface area contributed by atoms with Gasteiger partial charge in [-0.05, 0) is 19.0 Å². The predicted molar refractivity (Wildman–Crippen MR) is 60.0 cm³/mol. The summed E-state index contributed by atoms with van der Waals surface area (Å²) in [5, 5.41) is 14.8. The summed E-state index contributed by atoms with van der Waals surface area (Å²) in [5.41, 5.74) is 1.75. The third-order valence-electron chi connectivity index (χ3n) is 2.83. The molecule has 2 heterocycles. The Bertz CT molecular complexity index is 450. The van der Waals surface area contributed by atoms with Gasteiger partial charge in [-0.15, -0.1) is 0 Å². The fourth-order valence-electron chi connectivity index (χ4n) is 1.92. The highest BCUT2D eigenvalue weighted by atomic mass is 16.6. The third-order valence-corrected chi connectivity index (χ3v) is 2.83. The van der Waals surface area contributed by atoms with Crippen LogP contribution in [0, 0.1) is 10.1 Å². The molecule has 0 radical (unpaired) electrons. The highest BCUT2D eigenvalue weighted by Gasteiger charge is 2.23. The van der Waals surface area contributed by atoms with Crippen molar-refractivity contribution in [2.75, 3.05) is 20.1 Å². The molecule has 1 aliphatic rings. The van der Waals surface area contributed by atoms with Gasteiger partial charge >= 0.3 is 5.69 Å². The first kappa shape index (κ1) is 10.8. The topological polar surface area (TPSA) is 64.2 Å². The minimum Gasteiger partial charge on any atom is -0.302 e. The summed E-state index contributed by atoms with van der Waals surface area (Å²) in [5.74, 6) is 0. The van der Waals surface area contributed by atoms with E-state index in [-0.39, 0.29) is 10.6 Å². The smallest absolute Gasteiger partial charge is 0.302 e. The Morgan fingerprint density at radius 3 is 2.81 bits per heavy atom. The summed E-state index contributed by atoms with van der Waals surface area (Å²) < 4.78 is 1.58. The fourth-order valence-corrected chi connectivity index (χ4v) is 1.92. The molecule has 0 spiro atoms. The Labute approximate surface area is 93.3 Å². The van der Waals surface area contributed by atoms with Crippen molar-refractivity contribution in [1.29, 1.82) is 0 Å². The summed E-state index contributed by atoms with van der Waals surface area (Å²) in [4.78, 5) is 12.7. The Balaban J connectivity index is 2.40. The lowest BCUT2D eigenvalue weighted by molar-refractivity contribution is -0.385. The molecule has 6 heteroatoms. The van der Waals surface area contributed by atoms with Crippen LogP contribution in [-0.4, -0.2) is 39.7 Å². The Morgan fingerprint density at radius 1 is 1.50 bits per heavy atom. The van der Waals surface area contributed by atoms with Gasteiger partial charge in [0.25, 0.3) is 0 Å². The molecule has 1 aliphatic heterocycles. The summed E-state index contributed by atoms with van der Waals surface area (Å²) in [6, 6.07) is 0. The van der Waals surface area contributed by atoms with Crippen LogP contribution in [0.15, 0.2) is 12.3 Å². The van der Waals surface area contributed by atoms with Crippen molar-refractivity contribution < 1.29 is 4.92 Å². The number of aromatic nitrogens is 2. The number of likely N-dealkylation sites (N-methyl/N-ethyl adjacent to an activating group) is 1. The number of rotatable bonds is 2. The van der Waals surface area contributed by atoms with Crippen LogP contribution < -0.4 is 0 Å². The standard InChI is InChI=1S/C10H14N4O2/c1-12-5-3-8(4-6-12)10-9(14(15)16)7-11-13(10)2/h3,7H,4-6H2,1-2H3. The van der Waals surface area contributed by atoms with E-state index in [2.05, 4.69) is 10.00 Å². The maximum absolute atomic E-state index is 10.9. The van der Waals surface area contributed by atoms with Crippen LogP contribution in [0.25, 0.3) is 5.57 Å². The molecule has 2 rings (SSSR count). The maximum Gasteiger partial charge on any atom is 0.314 e. The molecule has 0 amide bonds. The summed E-state index contributed by atoms with van der Waals surface area (Å²) in [6.07, 6.45) is 4.18. The summed E-state index contributed by atoms with van der Waals surface area (Å²) >= 11 is 0. The van der Waals surface area contributed by atoms with Gasteiger partial charge < -0.3 is 4.90 Å². The number of nitro groups is 1. The van der Waals surface area contributed by atoms with Crippen molar-refractivity contribution in [1.82, 2.24) is 14.7 Å². The van der Waals surface area contributed by atoms with Gasteiger partial charge in [0, 0.05) is 20.1 Å². The van der Waals surface area contributed by atoms with E-state index in [4.69, 9.17) is 0 Å². The zero-order valence-corrected chi connectivity index (χ0v) is 9.38. The Kier molecular flexibility index (Phi) is 2.74. The summed E-state index contributed by atoms with van der Waals surface area (Å²) in [6.45, 7) is 1.76. The maximum atomic E-state index is 10.9. The molecule has 0 bridgehead atoms. The van der Waals surface area contributed by atoms with E-state index in [9.17, 15) is 10.1 Å². The molecule has 0 aromatic carbocycles. The summed E-state index contributed by atoms with van der Waals surface area (Å²) in [7, 11) is 3.77. The normalized spacial score (nSPS) is 17.2. The van der Waals surface area contributed by atoms with Crippen molar-refractivity contribution >= 4 is 11.3 Å². The van der Waals surface area contributed by atoms with Gasteiger partial charge in [0.2, 0.25) is 0 Å². The molecule has 0 aliphatic carbocycles. The van der Waals surface area contributed by atoms with Gasteiger partial charge in [-0.2, -0.15) is 5.10 Å². The highest BCUT2D eigenvalue weighted by molar-refractivity contribution is 5.70. The minimum atomic E-state index is -0.374. The van der Waals surface area contributed by atoms with E-state index >= 15 is 0 Å². The van der Waals surface area contributed by atoms with Crippen LogP contribution >= 0.6 is 0 Å². The van der Waals surface area contributed by atoms with Gasteiger partial charge in [-0.25, -0.2) is 0 Å². The molecule has 0 saturated carbocycles. The van der Waals surface area contributed by atoms with Crippen LogP contribution in [-0.2, 0) is 7.05 Å². The lowest BCUT2D eigenvalue weighted by atomic mass is 10.0. The average molecular weight is 222 g/mol. The lowest BCUT2D eigenvalue weighted by Crippen LogP contribution is -2.24. The SMILES string of the molecule is CN1CC=C(c2c([N+](=O)[O-])cnn2C)CC1. The van der Waals surface area contributed by atoms with E-state index in [1.54, 1.807) is 11.7 Å². The Hall–Kier alpha value is -1.69.